The minimum atomic E-state index is -0.912. The van der Waals surface area contributed by atoms with Crippen LogP contribution >= 0.6 is 0 Å². The molecule has 37 heavy (non-hydrogen) atoms. The third-order valence-electron chi connectivity index (χ3n) is 11.6. The Morgan fingerprint density at radius 2 is 1.81 bits per heavy atom. The molecule has 2 N–H and O–H groups in total. The van der Waals surface area contributed by atoms with Gasteiger partial charge in [0.05, 0.1) is 24.2 Å². The maximum Gasteiger partial charge on any atom is 0.305 e. The molecule has 0 aromatic rings. The van der Waals surface area contributed by atoms with Crippen molar-refractivity contribution in [3.8, 4) is 0 Å². The highest BCUT2D eigenvalue weighted by atomic mass is 16.5. The lowest BCUT2D eigenvalue weighted by molar-refractivity contribution is -0.145. The lowest BCUT2D eigenvalue weighted by Gasteiger charge is -2.61. The van der Waals surface area contributed by atoms with E-state index < -0.39 is 33.9 Å². The van der Waals surface area contributed by atoms with E-state index in [1.54, 1.807) is 0 Å². The smallest absolute Gasteiger partial charge is 0.305 e. The molecule has 0 aromatic heterocycles. The van der Waals surface area contributed by atoms with Gasteiger partial charge in [-0.15, -0.1) is 0 Å². The number of carbonyl (C=O) groups excluding carboxylic acids is 3. The Hall–Kier alpha value is -1.53. The maximum absolute atomic E-state index is 14.1. The van der Waals surface area contributed by atoms with Crippen LogP contribution in [0.2, 0.25) is 0 Å². The molecule has 0 amide bonds. The number of Topliss-reactive ketones (excluding diaryl/α,β-unsaturated/α-hetero) is 2. The van der Waals surface area contributed by atoms with Gasteiger partial charge < -0.3 is 14.9 Å². The van der Waals surface area contributed by atoms with Gasteiger partial charge in [-0.1, -0.05) is 48.0 Å². The predicted octanol–water partition coefficient (Wildman–Crippen LogP) is 5.19. The fourth-order valence-electron chi connectivity index (χ4n) is 9.05. The normalized spacial score (nSPS) is 41.6. The van der Waals surface area contributed by atoms with Gasteiger partial charge in [0, 0.05) is 24.8 Å². The summed E-state index contributed by atoms with van der Waals surface area (Å²) in [6.07, 6.45) is 3.78. The van der Waals surface area contributed by atoms with E-state index in [1.807, 2.05) is 20.8 Å². The average Bonchev–Trinajstić information content (AvgIpc) is 3.03. The van der Waals surface area contributed by atoms with Crippen LogP contribution in [0.3, 0.4) is 0 Å². The summed E-state index contributed by atoms with van der Waals surface area (Å²) in [5, 5.41) is 22.4. The number of fused-ring (bicyclic) bond motifs is 4. The Kier molecular flexibility index (Phi) is 7.38. The number of ketones is 2. The Morgan fingerprint density at radius 3 is 2.46 bits per heavy atom. The summed E-state index contributed by atoms with van der Waals surface area (Å²) in [5.74, 6) is -0.0655. The van der Waals surface area contributed by atoms with E-state index in [2.05, 4.69) is 27.7 Å². The standard InChI is InChI=1S/C31H48O6/c1-8-9-14-37-25(36)11-10-18(2)19-15-24(35)31(7)27-20(32)16-22-28(3,4)23(34)12-13-29(22,5)26(27)21(33)17-30(19,31)6/h18-20,22-23,32,34H,8-17H2,1-7H3/t18-,19-,20+,22-,23+,29+,30-,31+/m1/s1. The molecule has 6 nitrogen and oxygen atoms in total. The quantitative estimate of drug-likeness (QED) is 0.357. The van der Waals surface area contributed by atoms with E-state index in [0.717, 1.165) is 12.8 Å². The number of aliphatic hydroxyl groups excluding tert-OH is 2. The van der Waals surface area contributed by atoms with E-state index in [1.165, 1.54) is 0 Å². The van der Waals surface area contributed by atoms with Crippen molar-refractivity contribution in [1.29, 1.82) is 0 Å². The SMILES string of the molecule is CCCCOC(=O)CC[C@@H](C)[C@H]1CC(=O)[C@@]2(C)C3=C(C(=O)C[C@]12C)[C@@]1(C)CC[C@H](O)C(C)(C)[C@H]1C[C@@H]3O. The highest BCUT2D eigenvalue weighted by Crippen LogP contribution is 2.70. The molecule has 8 atom stereocenters. The molecular weight excluding hydrogens is 468 g/mol. The lowest BCUT2D eigenvalue weighted by Crippen LogP contribution is -2.60. The molecule has 2 saturated carbocycles. The van der Waals surface area contributed by atoms with Gasteiger partial charge in [-0.2, -0.15) is 0 Å². The summed E-state index contributed by atoms with van der Waals surface area (Å²) in [4.78, 5) is 40.3. The molecule has 0 bridgehead atoms. The first-order chi connectivity index (χ1) is 17.2. The van der Waals surface area contributed by atoms with E-state index in [-0.39, 0.29) is 41.7 Å². The van der Waals surface area contributed by atoms with Crippen molar-refractivity contribution in [2.24, 2.45) is 39.4 Å². The largest absolute Gasteiger partial charge is 0.466 e. The zero-order valence-electron chi connectivity index (χ0n) is 24.0. The van der Waals surface area contributed by atoms with Gasteiger partial charge in [0.1, 0.15) is 5.78 Å². The van der Waals surface area contributed by atoms with Crippen molar-refractivity contribution in [3.05, 3.63) is 11.1 Å². The fourth-order valence-corrected chi connectivity index (χ4v) is 9.05. The van der Waals surface area contributed by atoms with Crippen LogP contribution in [0.15, 0.2) is 11.1 Å². The summed E-state index contributed by atoms with van der Waals surface area (Å²) in [5.41, 5.74) is -1.08. The van der Waals surface area contributed by atoms with Gasteiger partial charge in [0.2, 0.25) is 0 Å². The fraction of sp³-hybridized carbons (Fsp3) is 0.839. The minimum absolute atomic E-state index is 0.0423. The van der Waals surface area contributed by atoms with Crippen LogP contribution < -0.4 is 0 Å². The van der Waals surface area contributed by atoms with Gasteiger partial charge in [-0.3, -0.25) is 14.4 Å². The third-order valence-corrected chi connectivity index (χ3v) is 11.6. The van der Waals surface area contributed by atoms with Crippen molar-refractivity contribution in [2.45, 2.75) is 118 Å². The Morgan fingerprint density at radius 1 is 1.14 bits per heavy atom. The topological polar surface area (TPSA) is 101 Å². The van der Waals surface area contributed by atoms with Crippen LogP contribution in [0.4, 0.5) is 0 Å². The van der Waals surface area contributed by atoms with Crippen molar-refractivity contribution in [2.75, 3.05) is 6.61 Å². The summed E-state index contributed by atoms with van der Waals surface area (Å²) in [6.45, 7) is 14.8. The number of aliphatic hydroxyl groups is 2. The summed E-state index contributed by atoms with van der Waals surface area (Å²) >= 11 is 0. The summed E-state index contributed by atoms with van der Waals surface area (Å²) < 4.78 is 5.34. The highest BCUT2D eigenvalue weighted by molar-refractivity contribution is 6.05. The van der Waals surface area contributed by atoms with Crippen LogP contribution in [-0.2, 0) is 19.1 Å². The first-order valence-electron chi connectivity index (χ1n) is 14.5. The Balaban J connectivity index is 1.68. The number of rotatable bonds is 7. The Labute approximate surface area is 222 Å². The number of hydrogen-bond donors (Lipinski definition) is 2. The van der Waals surface area contributed by atoms with Crippen molar-refractivity contribution < 1.29 is 29.3 Å². The van der Waals surface area contributed by atoms with E-state index in [9.17, 15) is 24.6 Å². The molecule has 0 spiro atoms. The first-order valence-corrected chi connectivity index (χ1v) is 14.5. The number of esters is 1. The summed E-state index contributed by atoms with van der Waals surface area (Å²) in [7, 11) is 0. The molecule has 4 rings (SSSR count). The molecular formula is C31H48O6. The number of allylic oxidation sites excluding steroid dienone is 1. The average molecular weight is 517 g/mol. The molecule has 0 saturated heterocycles. The van der Waals surface area contributed by atoms with Crippen molar-refractivity contribution >= 4 is 17.5 Å². The van der Waals surface area contributed by atoms with Crippen molar-refractivity contribution in [1.82, 2.24) is 0 Å². The molecule has 208 valence electrons. The van der Waals surface area contributed by atoms with Crippen LogP contribution in [0.5, 0.6) is 0 Å². The zero-order valence-corrected chi connectivity index (χ0v) is 24.0. The van der Waals surface area contributed by atoms with E-state index in [4.69, 9.17) is 4.74 Å². The maximum atomic E-state index is 14.1. The van der Waals surface area contributed by atoms with Crippen LogP contribution in [0.25, 0.3) is 0 Å². The van der Waals surface area contributed by atoms with Gasteiger partial charge >= 0.3 is 5.97 Å². The number of hydrogen-bond acceptors (Lipinski definition) is 6. The van der Waals surface area contributed by atoms with E-state index in [0.29, 0.717) is 56.3 Å². The van der Waals surface area contributed by atoms with Gasteiger partial charge in [0.25, 0.3) is 0 Å². The van der Waals surface area contributed by atoms with E-state index >= 15 is 0 Å². The summed E-state index contributed by atoms with van der Waals surface area (Å²) in [6, 6.07) is 0. The lowest BCUT2D eigenvalue weighted by atomic mass is 9.42. The highest BCUT2D eigenvalue weighted by Gasteiger charge is 2.70. The van der Waals surface area contributed by atoms with Gasteiger partial charge in [-0.05, 0) is 78.6 Å². The molecule has 4 aliphatic carbocycles. The molecule has 2 fully saturated rings. The first kappa shape index (κ1) is 28.5. The molecule has 0 radical (unpaired) electrons. The molecule has 0 aliphatic heterocycles. The van der Waals surface area contributed by atoms with Crippen molar-refractivity contribution in [3.63, 3.8) is 0 Å². The molecule has 0 unspecified atom stereocenters. The van der Waals surface area contributed by atoms with Gasteiger partial charge in [-0.25, -0.2) is 0 Å². The Bertz CT molecular complexity index is 996. The second kappa shape index (κ2) is 9.59. The van der Waals surface area contributed by atoms with Gasteiger partial charge in [0.15, 0.2) is 5.78 Å². The monoisotopic (exact) mass is 516 g/mol. The zero-order chi connectivity index (χ0) is 27.6. The molecule has 0 aromatic carbocycles. The number of carbonyl (C=O) groups is 3. The molecule has 0 heterocycles. The number of unbranched alkanes of at least 4 members (excludes halogenated alkanes) is 1. The van der Waals surface area contributed by atoms with Crippen LogP contribution in [0, 0.1) is 39.4 Å². The second-order valence-corrected chi connectivity index (χ2v) is 13.9. The second-order valence-electron chi connectivity index (χ2n) is 13.9. The third kappa shape index (κ3) is 4.07. The predicted molar refractivity (Wildman–Crippen MR) is 141 cm³/mol. The van der Waals surface area contributed by atoms with Crippen LogP contribution in [-0.4, -0.2) is 46.6 Å². The minimum Gasteiger partial charge on any atom is -0.466 e. The molecule has 4 aliphatic rings. The molecule has 6 heteroatoms. The number of ether oxygens (including phenoxy) is 1. The van der Waals surface area contributed by atoms with Crippen LogP contribution in [0.1, 0.15) is 106 Å².